The van der Waals surface area contributed by atoms with Gasteiger partial charge in [0.15, 0.2) is 0 Å². The molecule has 0 amide bonds. The summed E-state index contributed by atoms with van der Waals surface area (Å²) in [5.41, 5.74) is 2.38. The number of aryl methyl sites for hydroxylation is 1. The van der Waals surface area contributed by atoms with Crippen LogP contribution in [0.25, 0.3) is 0 Å². The molecule has 0 bridgehead atoms. The lowest BCUT2D eigenvalue weighted by Crippen LogP contribution is -2.37. The third kappa shape index (κ3) is 4.58. The summed E-state index contributed by atoms with van der Waals surface area (Å²) < 4.78 is 13.1. The molecule has 136 valence electrons. The Kier molecular flexibility index (Phi) is 6.04. The van der Waals surface area contributed by atoms with Gasteiger partial charge in [-0.2, -0.15) is 5.10 Å². The standard InChI is InChI=1S/C19H28N4O2/c1-14(11-15-6-7-18(24-3)21-12-15)20-13-16-5-4-10-25-19(16)17-8-9-22-23(17)2/h6-9,12,14,16,19-20H,4-5,10-11,13H2,1-3H3/t14?,16-,19+/m0/s1. The SMILES string of the molecule is COc1ccc(CC(C)NC[C@@H]2CCCO[C@H]2c2ccnn2C)cn1. The van der Waals surface area contributed by atoms with E-state index in [2.05, 4.69) is 34.5 Å². The molecule has 1 aliphatic heterocycles. The number of nitrogens with zero attached hydrogens (tertiary/aromatic N) is 3. The zero-order valence-electron chi connectivity index (χ0n) is 15.3. The summed E-state index contributed by atoms with van der Waals surface area (Å²) in [6.45, 7) is 3.99. The first-order chi connectivity index (χ1) is 12.2. The number of hydrogen-bond donors (Lipinski definition) is 1. The van der Waals surface area contributed by atoms with Gasteiger partial charge in [-0.15, -0.1) is 0 Å². The third-order valence-corrected chi connectivity index (χ3v) is 4.87. The van der Waals surface area contributed by atoms with E-state index in [1.54, 1.807) is 7.11 Å². The molecule has 3 atom stereocenters. The molecular weight excluding hydrogens is 316 g/mol. The first kappa shape index (κ1) is 17.9. The molecule has 1 fully saturated rings. The Balaban J connectivity index is 1.54. The van der Waals surface area contributed by atoms with Crippen LogP contribution in [-0.4, -0.2) is 41.1 Å². The van der Waals surface area contributed by atoms with Crippen molar-refractivity contribution in [2.24, 2.45) is 13.0 Å². The molecule has 3 rings (SSSR count). The highest BCUT2D eigenvalue weighted by Gasteiger charge is 2.29. The van der Waals surface area contributed by atoms with Gasteiger partial charge in [0.25, 0.3) is 0 Å². The number of rotatable bonds is 7. The Labute approximate surface area is 149 Å². The molecule has 1 saturated heterocycles. The van der Waals surface area contributed by atoms with Gasteiger partial charge in [0, 0.05) is 50.6 Å². The van der Waals surface area contributed by atoms with Crippen molar-refractivity contribution < 1.29 is 9.47 Å². The maximum absolute atomic E-state index is 6.07. The Morgan fingerprint density at radius 1 is 1.40 bits per heavy atom. The van der Waals surface area contributed by atoms with E-state index in [0.717, 1.165) is 26.0 Å². The second kappa shape index (κ2) is 8.45. The van der Waals surface area contributed by atoms with Crippen LogP contribution in [0.3, 0.4) is 0 Å². The van der Waals surface area contributed by atoms with Crippen LogP contribution in [0.1, 0.15) is 37.1 Å². The monoisotopic (exact) mass is 344 g/mol. The summed E-state index contributed by atoms with van der Waals surface area (Å²) in [5, 5.41) is 7.96. The topological polar surface area (TPSA) is 61.2 Å². The van der Waals surface area contributed by atoms with Gasteiger partial charge in [-0.25, -0.2) is 4.98 Å². The molecule has 0 saturated carbocycles. The summed E-state index contributed by atoms with van der Waals surface area (Å²) in [7, 11) is 3.62. The second-order valence-corrected chi connectivity index (χ2v) is 6.80. The van der Waals surface area contributed by atoms with Gasteiger partial charge in [-0.3, -0.25) is 4.68 Å². The fourth-order valence-corrected chi connectivity index (χ4v) is 3.47. The molecule has 0 aliphatic carbocycles. The van der Waals surface area contributed by atoms with E-state index in [-0.39, 0.29) is 6.10 Å². The fraction of sp³-hybridized carbons (Fsp3) is 0.579. The number of hydrogen-bond acceptors (Lipinski definition) is 5. The molecule has 25 heavy (non-hydrogen) atoms. The molecule has 0 radical (unpaired) electrons. The zero-order chi connectivity index (χ0) is 17.6. The Morgan fingerprint density at radius 3 is 2.96 bits per heavy atom. The lowest BCUT2D eigenvalue weighted by atomic mass is 9.91. The van der Waals surface area contributed by atoms with Crippen LogP contribution in [0.4, 0.5) is 0 Å². The van der Waals surface area contributed by atoms with Crippen molar-refractivity contribution in [3.8, 4) is 5.88 Å². The van der Waals surface area contributed by atoms with Gasteiger partial charge < -0.3 is 14.8 Å². The number of nitrogens with one attached hydrogen (secondary N) is 1. The lowest BCUT2D eigenvalue weighted by molar-refractivity contribution is -0.0328. The minimum Gasteiger partial charge on any atom is -0.481 e. The molecule has 6 heteroatoms. The Hall–Kier alpha value is -1.92. The summed E-state index contributed by atoms with van der Waals surface area (Å²) in [6, 6.07) is 6.43. The third-order valence-electron chi connectivity index (χ3n) is 4.87. The van der Waals surface area contributed by atoms with Crippen molar-refractivity contribution in [2.45, 2.75) is 38.3 Å². The van der Waals surface area contributed by atoms with Crippen LogP contribution in [0, 0.1) is 5.92 Å². The van der Waals surface area contributed by atoms with Gasteiger partial charge in [0.1, 0.15) is 6.10 Å². The smallest absolute Gasteiger partial charge is 0.212 e. The van der Waals surface area contributed by atoms with Crippen LogP contribution in [0.5, 0.6) is 5.88 Å². The highest BCUT2D eigenvalue weighted by molar-refractivity contribution is 5.18. The predicted octanol–water partition coefficient (Wildman–Crippen LogP) is 2.51. The number of pyridine rings is 1. The molecular formula is C19H28N4O2. The van der Waals surface area contributed by atoms with Gasteiger partial charge in [0.05, 0.1) is 12.8 Å². The molecule has 2 aromatic rings. The van der Waals surface area contributed by atoms with Crippen LogP contribution in [0.2, 0.25) is 0 Å². The van der Waals surface area contributed by atoms with Crippen molar-refractivity contribution in [1.82, 2.24) is 20.1 Å². The molecule has 0 aromatic carbocycles. The summed E-state index contributed by atoms with van der Waals surface area (Å²) in [4.78, 5) is 4.28. The van der Waals surface area contributed by atoms with E-state index in [1.807, 2.05) is 30.2 Å². The van der Waals surface area contributed by atoms with E-state index < -0.39 is 0 Å². The maximum atomic E-state index is 6.07. The minimum absolute atomic E-state index is 0.128. The lowest BCUT2D eigenvalue weighted by Gasteiger charge is -2.32. The van der Waals surface area contributed by atoms with Gasteiger partial charge in [-0.05, 0) is 37.8 Å². The van der Waals surface area contributed by atoms with Crippen LogP contribution in [0.15, 0.2) is 30.6 Å². The highest BCUT2D eigenvalue weighted by Crippen LogP contribution is 2.32. The number of ether oxygens (including phenoxy) is 2. The van der Waals surface area contributed by atoms with E-state index in [4.69, 9.17) is 9.47 Å². The molecule has 3 heterocycles. The predicted molar refractivity (Wildman–Crippen MR) is 96.6 cm³/mol. The number of aromatic nitrogens is 3. The minimum atomic E-state index is 0.128. The zero-order valence-corrected chi connectivity index (χ0v) is 15.3. The van der Waals surface area contributed by atoms with E-state index >= 15 is 0 Å². The highest BCUT2D eigenvalue weighted by atomic mass is 16.5. The molecule has 2 aromatic heterocycles. The van der Waals surface area contributed by atoms with Crippen molar-refractivity contribution in [2.75, 3.05) is 20.3 Å². The quantitative estimate of drug-likeness (QED) is 0.836. The first-order valence-corrected chi connectivity index (χ1v) is 8.99. The summed E-state index contributed by atoms with van der Waals surface area (Å²) in [5.74, 6) is 1.13. The molecule has 6 nitrogen and oxygen atoms in total. The van der Waals surface area contributed by atoms with Crippen molar-refractivity contribution in [3.63, 3.8) is 0 Å². The molecule has 1 N–H and O–H groups in total. The first-order valence-electron chi connectivity index (χ1n) is 8.99. The van der Waals surface area contributed by atoms with Crippen molar-refractivity contribution >= 4 is 0 Å². The van der Waals surface area contributed by atoms with E-state index in [9.17, 15) is 0 Å². The number of methoxy groups -OCH3 is 1. The van der Waals surface area contributed by atoms with Gasteiger partial charge in [-0.1, -0.05) is 6.07 Å². The summed E-state index contributed by atoms with van der Waals surface area (Å²) in [6.07, 6.45) is 7.11. The van der Waals surface area contributed by atoms with Crippen molar-refractivity contribution in [1.29, 1.82) is 0 Å². The normalized spacial score (nSPS) is 21.9. The maximum Gasteiger partial charge on any atom is 0.212 e. The summed E-state index contributed by atoms with van der Waals surface area (Å²) >= 11 is 0. The molecule has 0 spiro atoms. The van der Waals surface area contributed by atoms with Gasteiger partial charge >= 0.3 is 0 Å². The van der Waals surface area contributed by atoms with Crippen LogP contribution >= 0.6 is 0 Å². The Morgan fingerprint density at radius 2 is 2.28 bits per heavy atom. The van der Waals surface area contributed by atoms with E-state index in [1.165, 1.54) is 17.7 Å². The van der Waals surface area contributed by atoms with Crippen LogP contribution in [-0.2, 0) is 18.2 Å². The molecule has 1 unspecified atom stereocenters. The van der Waals surface area contributed by atoms with Crippen molar-refractivity contribution in [3.05, 3.63) is 41.9 Å². The average Bonchev–Trinajstić information content (AvgIpc) is 3.06. The van der Waals surface area contributed by atoms with E-state index in [0.29, 0.717) is 17.8 Å². The Bertz CT molecular complexity index is 656. The molecule has 1 aliphatic rings. The average molecular weight is 344 g/mol. The largest absolute Gasteiger partial charge is 0.481 e. The van der Waals surface area contributed by atoms with Crippen LogP contribution < -0.4 is 10.1 Å². The van der Waals surface area contributed by atoms with Gasteiger partial charge in [0.2, 0.25) is 5.88 Å². The fourth-order valence-electron chi connectivity index (χ4n) is 3.47. The second-order valence-electron chi connectivity index (χ2n) is 6.80.